The fourth-order valence-electron chi connectivity index (χ4n) is 2.19. The molecular weight excluding hydrogens is 398 g/mol. The molecule has 0 aliphatic rings. The van der Waals surface area contributed by atoms with Crippen LogP contribution >= 0.6 is 15.9 Å². The predicted molar refractivity (Wildman–Crippen MR) is 104 cm³/mol. The third-order valence-electron chi connectivity index (χ3n) is 3.60. The van der Waals surface area contributed by atoms with E-state index < -0.39 is 12.1 Å². The fraction of sp³-hybridized carbons (Fsp3) is 0.300. The molecule has 0 saturated heterocycles. The molecule has 6 heteroatoms. The zero-order valence-corrected chi connectivity index (χ0v) is 16.4. The van der Waals surface area contributed by atoms with E-state index in [1.807, 2.05) is 49.4 Å². The van der Waals surface area contributed by atoms with Crippen LogP contribution in [0.5, 0.6) is 5.75 Å². The van der Waals surface area contributed by atoms with Gasteiger partial charge in [-0.15, -0.1) is 0 Å². The van der Waals surface area contributed by atoms with Crippen molar-refractivity contribution in [2.45, 2.75) is 32.8 Å². The number of hydrogen-bond acceptors (Lipinski definition) is 4. The van der Waals surface area contributed by atoms with E-state index in [0.29, 0.717) is 18.7 Å². The molecule has 0 unspecified atom stereocenters. The van der Waals surface area contributed by atoms with Crippen LogP contribution in [0.25, 0.3) is 0 Å². The molecule has 1 N–H and O–H groups in total. The van der Waals surface area contributed by atoms with Gasteiger partial charge in [0.25, 0.3) is 5.91 Å². The first-order valence-electron chi connectivity index (χ1n) is 8.40. The molecule has 2 aromatic rings. The molecule has 1 atom stereocenters. The minimum Gasteiger partial charge on any atom is -0.494 e. The maximum absolute atomic E-state index is 12.2. The van der Waals surface area contributed by atoms with Crippen LogP contribution in [-0.2, 0) is 14.3 Å². The Hall–Kier alpha value is -2.34. The number of carbonyl (C=O) groups excluding carboxylic acids is 2. The van der Waals surface area contributed by atoms with Crippen LogP contribution in [0, 0.1) is 6.92 Å². The van der Waals surface area contributed by atoms with Crippen molar-refractivity contribution in [3.8, 4) is 5.75 Å². The van der Waals surface area contributed by atoms with Gasteiger partial charge in [-0.1, -0.05) is 24.3 Å². The molecule has 0 heterocycles. The van der Waals surface area contributed by atoms with Gasteiger partial charge in [0.2, 0.25) is 0 Å². The van der Waals surface area contributed by atoms with E-state index in [2.05, 4.69) is 21.2 Å². The summed E-state index contributed by atoms with van der Waals surface area (Å²) in [6, 6.07) is 15.0. The second kappa shape index (κ2) is 9.97. The van der Waals surface area contributed by atoms with Gasteiger partial charge in [0.1, 0.15) is 5.75 Å². The minimum atomic E-state index is -0.870. The molecule has 0 fully saturated rings. The van der Waals surface area contributed by atoms with Crippen molar-refractivity contribution >= 4 is 33.5 Å². The third-order valence-corrected chi connectivity index (χ3v) is 4.25. The summed E-state index contributed by atoms with van der Waals surface area (Å²) in [6.07, 6.45) is -0.157. The van der Waals surface area contributed by atoms with Gasteiger partial charge in [-0.3, -0.25) is 9.59 Å². The van der Waals surface area contributed by atoms with Gasteiger partial charge in [0.15, 0.2) is 6.10 Å². The summed E-state index contributed by atoms with van der Waals surface area (Å²) in [5, 5.41) is 2.74. The Morgan fingerprint density at radius 1 is 1.15 bits per heavy atom. The highest BCUT2D eigenvalue weighted by Gasteiger charge is 2.18. The van der Waals surface area contributed by atoms with Gasteiger partial charge >= 0.3 is 5.97 Å². The summed E-state index contributed by atoms with van der Waals surface area (Å²) in [7, 11) is 0. The number of hydrogen-bond donors (Lipinski definition) is 1. The lowest BCUT2D eigenvalue weighted by molar-refractivity contribution is -0.153. The molecule has 0 aliphatic carbocycles. The van der Waals surface area contributed by atoms with Crippen molar-refractivity contribution in [1.29, 1.82) is 0 Å². The van der Waals surface area contributed by atoms with Crippen LogP contribution < -0.4 is 10.1 Å². The second-order valence-electron chi connectivity index (χ2n) is 5.87. The van der Waals surface area contributed by atoms with E-state index in [1.54, 1.807) is 13.0 Å². The zero-order valence-electron chi connectivity index (χ0n) is 14.8. The Morgan fingerprint density at radius 2 is 1.88 bits per heavy atom. The van der Waals surface area contributed by atoms with E-state index in [9.17, 15) is 9.59 Å². The van der Waals surface area contributed by atoms with Gasteiger partial charge in [-0.25, -0.2) is 0 Å². The van der Waals surface area contributed by atoms with Gasteiger partial charge in [-0.05, 0) is 66.0 Å². The monoisotopic (exact) mass is 419 g/mol. The highest BCUT2D eigenvalue weighted by atomic mass is 79.9. The molecule has 1 amide bonds. The molecule has 0 aliphatic heterocycles. The number of esters is 1. The number of halogens is 1. The SMILES string of the molecule is Cc1ccc(NC(=O)[C@H](C)OC(=O)CCCOc2ccccc2)c(Br)c1. The molecule has 0 aromatic heterocycles. The Kier molecular flexibility index (Phi) is 7.66. The molecule has 5 nitrogen and oxygen atoms in total. The summed E-state index contributed by atoms with van der Waals surface area (Å²) in [5.74, 6) is -0.0342. The Bertz CT molecular complexity index is 749. The third kappa shape index (κ3) is 6.52. The number of rotatable bonds is 8. The molecule has 2 aromatic carbocycles. The molecule has 0 spiro atoms. The molecule has 0 radical (unpaired) electrons. The highest BCUT2D eigenvalue weighted by Crippen LogP contribution is 2.23. The van der Waals surface area contributed by atoms with Gasteiger partial charge in [0, 0.05) is 10.9 Å². The van der Waals surface area contributed by atoms with Crippen molar-refractivity contribution in [1.82, 2.24) is 0 Å². The first-order chi connectivity index (χ1) is 12.5. The van der Waals surface area contributed by atoms with E-state index in [4.69, 9.17) is 9.47 Å². The Balaban J connectivity index is 1.71. The van der Waals surface area contributed by atoms with Crippen LogP contribution in [0.2, 0.25) is 0 Å². The van der Waals surface area contributed by atoms with Crippen LogP contribution in [0.15, 0.2) is 53.0 Å². The largest absolute Gasteiger partial charge is 0.494 e. The summed E-state index contributed by atoms with van der Waals surface area (Å²) in [5.41, 5.74) is 1.71. The van der Waals surface area contributed by atoms with E-state index in [0.717, 1.165) is 15.8 Å². The fourth-order valence-corrected chi connectivity index (χ4v) is 2.78. The Labute approximate surface area is 161 Å². The summed E-state index contributed by atoms with van der Waals surface area (Å²) >= 11 is 3.40. The second-order valence-corrected chi connectivity index (χ2v) is 6.72. The number of ether oxygens (including phenoxy) is 2. The van der Waals surface area contributed by atoms with Crippen molar-refractivity contribution in [2.75, 3.05) is 11.9 Å². The minimum absolute atomic E-state index is 0.193. The standard InChI is InChI=1S/C20H22BrNO4/c1-14-10-11-18(17(21)13-14)22-20(24)15(2)26-19(23)9-6-12-25-16-7-4-3-5-8-16/h3-5,7-8,10-11,13,15H,6,9,12H2,1-2H3,(H,22,24)/t15-/m0/s1. The first-order valence-corrected chi connectivity index (χ1v) is 9.19. The average molecular weight is 420 g/mol. The normalized spacial score (nSPS) is 11.5. The lowest BCUT2D eigenvalue weighted by Crippen LogP contribution is -2.30. The number of aryl methyl sites for hydroxylation is 1. The predicted octanol–water partition coefficient (Wildman–Crippen LogP) is 4.49. The summed E-state index contributed by atoms with van der Waals surface area (Å²) in [4.78, 5) is 24.0. The van der Waals surface area contributed by atoms with Gasteiger partial charge in [0.05, 0.1) is 12.3 Å². The number of amides is 1. The zero-order chi connectivity index (χ0) is 18.9. The highest BCUT2D eigenvalue weighted by molar-refractivity contribution is 9.10. The molecular formula is C20H22BrNO4. The number of para-hydroxylation sites is 1. The first kappa shape index (κ1) is 20.0. The smallest absolute Gasteiger partial charge is 0.306 e. The van der Waals surface area contributed by atoms with E-state index >= 15 is 0 Å². The molecule has 26 heavy (non-hydrogen) atoms. The Morgan fingerprint density at radius 3 is 2.58 bits per heavy atom. The molecule has 0 bridgehead atoms. The molecule has 2 rings (SSSR count). The van der Waals surface area contributed by atoms with Crippen LogP contribution in [-0.4, -0.2) is 24.6 Å². The number of carbonyl (C=O) groups is 2. The number of benzene rings is 2. The van der Waals surface area contributed by atoms with Crippen molar-refractivity contribution < 1.29 is 19.1 Å². The quantitative estimate of drug-likeness (QED) is 0.505. The molecule has 138 valence electrons. The maximum atomic E-state index is 12.2. The number of nitrogens with one attached hydrogen (secondary N) is 1. The average Bonchev–Trinajstić information content (AvgIpc) is 2.62. The van der Waals surface area contributed by atoms with E-state index in [1.165, 1.54) is 0 Å². The van der Waals surface area contributed by atoms with Crippen molar-refractivity contribution in [3.05, 3.63) is 58.6 Å². The van der Waals surface area contributed by atoms with Crippen molar-refractivity contribution in [2.24, 2.45) is 0 Å². The summed E-state index contributed by atoms with van der Waals surface area (Å²) in [6.45, 7) is 3.92. The maximum Gasteiger partial charge on any atom is 0.306 e. The lowest BCUT2D eigenvalue weighted by atomic mass is 10.2. The topological polar surface area (TPSA) is 64.6 Å². The van der Waals surface area contributed by atoms with Gasteiger partial charge < -0.3 is 14.8 Å². The van der Waals surface area contributed by atoms with Gasteiger partial charge in [-0.2, -0.15) is 0 Å². The van der Waals surface area contributed by atoms with Crippen LogP contribution in [0.4, 0.5) is 5.69 Å². The lowest BCUT2D eigenvalue weighted by Gasteiger charge is -2.14. The van der Waals surface area contributed by atoms with E-state index in [-0.39, 0.29) is 12.3 Å². The summed E-state index contributed by atoms with van der Waals surface area (Å²) < 4.78 is 11.5. The van der Waals surface area contributed by atoms with Crippen LogP contribution in [0.3, 0.4) is 0 Å². The number of anilines is 1. The van der Waals surface area contributed by atoms with Crippen LogP contribution in [0.1, 0.15) is 25.3 Å². The molecule has 0 saturated carbocycles. The van der Waals surface area contributed by atoms with Crippen molar-refractivity contribution in [3.63, 3.8) is 0 Å².